The first kappa shape index (κ1) is 18.5. The van der Waals surface area contributed by atoms with E-state index in [1.54, 1.807) is 12.1 Å². The average Bonchev–Trinajstić information content (AvgIpc) is 2.47. The Bertz CT molecular complexity index is 485. The van der Waals surface area contributed by atoms with E-state index in [0.29, 0.717) is 24.7 Å². The third-order valence-corrected chi connectivity index (χ3v) is 3.30. The van der Waals surface area contributed by atoms with Crippen molar-refractivity contribution in [1.29, 1.82) is 0 Å². The summed E-state index contributed by atoms with van der Waals surface area (Å²) in [7, 11) is 0. The van der Waals surface area contributed by atoms with Gasteiger partial charge in [0, 0.05) is 35.7 Å². The first-order chi connectivity index (χ1) is 10.5. The molecule has 0 atom stereocenters. The molecule has 0 fully saturated rings. The predicted octanol–water partition coefficient (Wildman–Crippen LogP) is 2.53. The largest absolute Gasteiger partial charge is 0.357 e. The minimum absolute atomic E-state index is 0.0521. The fourth-order valence-electron chi connectivity index (χ4n) is 1.77. The third-order valence-electron chi connectivity index (χ3n) is 2.77. The summed E-state index contributed by atoms with van der Waals surface area (Å²) in [5.74, 6) is 0.764. The zero-order chi connectivity index (χ0) is 16.4. The van der Waals surface area contributed by atoms with Gasteiger partial charge in [0.15, 0.2) is 5.96 Å². The zero-order valence-electron chi connectivity index (χ0n) is 13.4. The van der Waals surface area contributed by atoms with E-state index >= 15 is 0 Å². The standard InChI is InChI=1S/C16H25BrN4O/c1-4-18-16(21-12(2)3)20-11-5-10-19-15(22)13-6-8-14(17)9-7-13/h6-9,12H,4-5,10-11H2,1-3H3,(H,19,22)(H2,18,20,21). The van der Waals surface area contributed by atoms with Crippen molar-refractivity contribution in [2.75, 3.05) is 19.6 Å². The van der Waals surface area contributed by atoms with Crippen molar-refractivity contribution < 1.29 is 4.79 Å². The molecule has 0 aliphatic heterocycles. The van der Waals surface area contributed by atoms with Crippen LogP contribution < -0.4 is 16.0 Å². The number of amides is 1. The smallest absolute Gasteiger partial charge is 0.251 e. The molecule has 5 nitrogen and oxygen atoms in total. The van der Waals surface area contributed by atoms with Crippen LogP contribution in [-0.4, -0.2) is 37.5 Å². The fourth-order valence-corrected chi connectivity index (χ4v) is 2.03. The molecular formula is C16H25BrN4O. The molecule has 122 valence electrons. The van der Waals surface area contributed by atoms with Gasteiger partial charge in [-0.3, -0.25) is 9.79 Å². The number of carbonyl (C=O) groups excluding carboxylic acids is 1. The van der Waals surface area contributed by atoms with E-state index in [4.69, 9.17) is 0 Å². The van der Waals surface area contributed by atoms with Crippen molar-refractivity contribution >= 4 is 27.8 Å². The highest BCUT2D eigenvalue weighted by atomic mass is 79.9. The summed E-state index contributed by atoms with van der Waals surface area (Å²) in [4.78, 5) is 16.4. The van der Waals surface area contributed by atoms with Crippen LogP contribution in [0.5, 0.6) is 0 Å². The normalized spacial score (nSPS) is 11.4. The molecule has 22 heavy (non-hydrogen) atoms. The van der Waals surface area contributed by atoms with E-state index in [-0.39, 0.29) is 5.91 Å². The number of hydrogen-bond donors (Lipinski definition) is 3. The predicted molar refractivity (Wildman–Crippen MR) is 95.3 cm³/mol. The molecule has 0 unspecified atom stereocenters. The molecule has 6 heteroatoms. The molecule has 0 aliphatic carbocycles. The van der Waals surface area contributed by atoms with Crippen LogP contribution in [0.25, 0.3) is 0 Å². The molecule has 0 radical (unpaired) electrons. The molecule has 1 rings (SSSR count). The van der Waals surface area contributed by atoms with E-state index in [0.717, 1.165) is 23.4 Å². The summed E-state index contributed by atoms with van der Waals surface area (Å²) in [6, 6.07) is 7.66. The van der Waals surface area contributed by atoms with E-state index in [1.165, 1.54) is 0 Å². The Labute approximate surface area is 141 Å². The number of nitrogens with one attached hydrogen (secondary N) is 3. The Kier molecular flexibility index (Phi) is 8.58. The Morgan fingerprint density at radius 2 is 1.91 bits per heavy atom. The molecule has 1 aromatic rings. The van der Waals surface area contributed by atoms with Crippen molar-refractivity contribution in [3.8, 4) is 0 Å². The number of guanidine groups is 1. The van der Waals surface area contributed by atoms with Gasteiger partial charge in [-0.25, -0.2) is 0 Å². The number of rotatable bonds is 7. The van der Waals surface area contributed by atoms with Gasteiger partial charge in [-0.1, -0.05) is 15.9 Å². The monoisotopic (exact) mass is 368 g/mol. The van der Waals surface area contributed by atoms with Crippen molar-refractivity contribution in [2.24, 2.45) is 4.99 Å². The molecule has 1 amide bonds. The molecular weight excluding hydrogens is 344 g/mol. The molecule has 0 heterocycles. The highest BCUT2D eigenvalue weighted by Gasteiger charge is 2.04. The lowest BCUT2D eigenvalue weighted by Gasteiger charge is -2.13. The summed E-state index contributed by atoms with van der Waals surface area (Å²) >= 11 is 3.35. The maximum Gasteiger partial charge on any atom is 0.251 e. The highest BCUT2D eigenvalue weighted by Crippen LogP contribution is 2.10. The number of carbonyl (C=O) groups is 1. The number of benzene rings is 1. The lowest BCUT2D eigenvalue weighted by molar-refractivity contribution is 0.0953. The molecule has 0 aliphatic rings. The van der Waals surface area contributed by atoms with Gasteiger partial charge in [0.05, 0.1) is 0 Å². The molecule has 0 aromatic heterocycles. The molecule has 3 N–H and O–H groups in total. The Morgan fingerprint density at radius 1 is 1.23 bits per heavy atom. The number of hydrogen-bond acceptors (Lipinski definition) is 2. The maximum absolute atomic E-state index is 11.9. The SMILES string of the molecule is CCNC(=NCCCNC(=O)c1ccc(Br)cc1)NC(C)C. The molecule has 0 bridgehead atoms. The Balaban J connectivity index is 2.31. The van der Waals surface area contributed by atoms with Crippen LogP contribution in [0.15, 0.2) is 33.7 Å². The number of halogens is 1. The van der Waals surface area contributed by atoms with Gasteiger partial charge in [-0.15, -0.1) is 0 Å². The van der Waals surface area contributed by atoms with Gasteiger partial charge in [0.2, 0.25) is 0 Å². The fraction of sp³-hybridized carbons (Fsp3) is 0.500. The number of nitrogens with zero attached hydrogens (tertiary/aromatic N) is 1. The van der Waals surface area contributed by atoms with Gasteiger partial charge in [-0.05, 0) is 51.5 Å². The van der Waals surface area contributed by atoms with Crippen molar-refractivity contribution in [3.63, 3.8) is 0 Å². The van der Waals surface area contributed by atoms with Crippen molar-refractivity contribution in [3.05, 3.63) is 34.3 Å². The second kappa shape index (κ2) is 10.2. The first-order valence-corrected chi connectivity index (χ1v) is 8.40. The zero-order valence-corrected chi connectivity index (χ0v) is 15.0. The van der Waals surface area contributed by atoms with Crippen molar-refractivity contribution in [1.82, 2.24) is 16.0 Å². The first-order valence-electron chi connectivity index (χ1n) is 7.61. The van der Waals surface area contributed by atoms with Crippen molar-refractivity contribution in [2.45, 2.75) is 33.2 Å². The van der Waals surface area contributed by atoms with Crippen LogP contribution in [0.4, 0.5) is 0 Å². The van der Waals surface area contributed by atoms with E-state index < -0.39 is 0 Å². The average molecular weight is 369 g/mol. The summed E-state index contributed by atoms with van der Waals surface area (Å²) in [5, 5.41) is 9.35. The van der Waals surface area contributed by atoms with Crippen LogP contribution in [0.3, 0.4) is 0 Å². The van der Waals surface area contributed by atoms with Crippen LogP contribution in [0.2, 0.25) is 0 Å². The Morgan fingerprint density at radius 3 is 2.50 bits per heavy atom. The highest BCUT2D eigenvalue weighted by molar-refractivity contribution is 9.10. The number of aliphatic imine (C=N–C) groups is 1. The van der Waals surface area contributed by atoms with Gasteiger partial charge in [0.1, 0.15) is 0 Å². The second-order valence-corrected chi connectivity index (χ2v) is 6.09. The van der Waals surface area contributed by atoms with Gasteiger partial charge in [-0.2, -0.15) is 0 Å². The van der Waals surface area contributed by atoms with E-state index in [9.17, 15) is 4.79 Å². The van der Waals surface area contributed by atoms with E-state index in [1.807, 2.05) is 19.1 Å². The van der Waals surface area contributed by atoms with E-state index in [2.05, 4.69) is 50.7 Å². The van der Waals surface area contributed by atoms with Gasteiger partial charge in [0.25, 0.3) is 5.91 Å². The molecule has 0 spiro atoms. The second-order valence-electron chi connectivity index (χ2n) is 5.18. The summed E-state index contributed by atoms with van der Waals surface area (Å²) in [6.07, 6.45) is 0.803. The summed E-state index contributed by atoms with van der Waals surface area (Å²) in [6.45, 7) is 8.30. The quantitative estimate of drug-likeness (QED) is 0.393. The summed E-state index contributed by atoms with van der Waals surface area (Å²) < 4.78 is 0.965. The summed E-state index contributed by atoms with van der Waals surface area (Å²) in [5.41, 5.74) is 0.668. The van der Waals surface area contributed by atoms with Crippen LogP contribution in [0, 0.1) is 0 Å². The van der Waals surface area contributed by atoms with Crippen LogP contribution >= 0.6 is 15.9 Å². The molecule has 0 saturated carbocycles. The third kappa shape index (κ3) is 7.45. The minimum atomic E-state index is -0.0521. The maximum atomic E-state index is 11.9. The Hall–Kier alpha value is -1.56. The molecule has 1 aromatic carbocycles. The lowest BCUT2D eigenvalue weighted by Crippen LogP contribution is -2.41. The topological polar surface area (TPSA) is 65.5 Å². The molecule has 0 saturated heterocycles. The van der Waals surface area contributed by atoms with Gasteiger partial charge < -0.3 is 16.0 Å². The van der Waals surface area contributed by atoms with Crippen LogP contribution in [-0.2, 0) is 0 Å². The lowest BCUT2D eigenvalue weighted by atomic mass is 10.2. The van der Waals surface area contributed by atoms with Crippen LogP contribution in [0.1, 0.15) is 37.6 Å². The van der Waals surface area contributed by atoms with Gasteiger partial charge >= 0.3 is 0 Å². The minimum Gasteiger partial charge on any atom is -0.357 e.